The highest BCUT2D eigenvalue weighted by atomic mass is 16.4. The fraction of sp³-hybridized carbons (Fsp3) is 0.958. The summed E-state index contributed by atoms with van der Waals surface area (Å²) in [5.41, 5.74) is 0. The lowest BCUT2D eigenvalue weighted by atomic mass is 9.62. The molecule has 26 heavy (non-hydrogen) atoms. The molecule has 0 amide bonds. The minimum absolute atomic E-state index is 0.346. The summed E-state index contributed by atoms with van der Waals surface area (Å²) in [5, 5.41) is 8.69. The summed E-state index contributed by atoms with van der Waals surface area (Å²) >= 11 is 0. The fourth-order valence-corrected chi connectivity index (χ4v) is 5.59. The molecule has 0 heterocycles. The van der Waals surface area contributed by atoms with Crippen LogP contribution in [0.15, 0.2) is 0 Å². The largest absolute Gasteiger partial charge is 0.481 e. The molecule has 0 aromatic carbocycles. The van der Waals surface area contributed by atoms with E-state index >= 15 is 0 Å². The van der Waals surface area contributed by atoms with Gasteiger partial charge in [-0.25, -0.2) is 0 Å². The molecule has 0 aromatic rings. The van der Waals surface area contributed by atoms with Gasteiger partial charge in [0, 0.05) is 6.42 Å². The van der Waals surface area contributed by atoms with Crippen LogP contribution in [0.2, 0.25) is 0 Å². The van der Waals surface area contributed by atoms with Crippen molar-refractivity contribution in [3.05, 3.63) is 0 Å². The van der Waals surface area contributed by atoms with Gasteiger partial charge in [-0.15, -0.1) is 0 Å². The van der Waals surface area contributed by atoms with Gasteiger partial charge in [0.25, 0.3) is 0 Å². The predicted molar refractivity (Wildman–Crippen MR) is 112 cm³/mol. The maximum absolute atomic E-state index is 10.5. The van der Waals surface area contributed by atoms with Crippen LogP contribution in [0.5, 0.6) is 0 Å². The Bertz CT molecular complexity index is 352. The van der Waals surface area contributed by atoms with Crippen molar-refractivity contribution in [3.8, 4) is 0 Å². The average Bonchev–Trinajstić information content (AvgIpc) is 2.64. The maximum Gasteiger partial charge on any atom is 0.303 e. The summed E-state index contributed by atoms with van der Waals surface area (Å²) in [6, 6.07) is 0. The van der Waals surface area contributed by atoms with E-state index in [0.29, 0.717) is 6.42 Å². The highest BCUT2D eigenvalue weighted by molar-refractivity contribution is 5.66. The van der Waals surface area contributed by atoms with E-state index in [-0.39, 0.29) is 0 Å². The maximum atomic E-state index is 10.5. The van der Waals surface area contributed by atoms with Crippen molar-refractivity contribution >= 4 is 5.97 Å². The molecule has 1 fully saturated rings. The van der Waals surface area contributed by atoms with Gasteiger partial charge >= 0.3 is 5.97 Å². The van der Waals surface area contributed by atoms with Gasteiger partial charge in [0.2, 0.25) is 0 Å². The van der Waals surface area contributed by atoms with Gasteiger partial charge in [-0.3, -0.25) is 4.79 Å². The topological polar surface area (TPSA) is 37.3 Å². The third-order valence-corrected chi connectivity index (χ3v) is 7.01. The van der Waals surface area contributed by atoms with Crippen LogP contribution < -0.4 is 0 Å². The van der Waals surface area contributed by atoms with Gasteiger partial charge in [0.15, 0.2) is 0 Å². The lowest BCUT2D eigenvalue weighted by Gasteiger charge is -2.43. The summed E-state index contributed by atoms with van der Waals surface area (Å²) in [7, 11) is 0. The molecule has 0 spiro atoms. The molecule has 0 aromatic heterocycles. The van der Waals surface area contributed by atoms with Crippen LogP contribution in [0, 0.1) is 23.7 Å². The van der Waals surface area contributed by atoms with Crippen molar-refractivity contribution in [2.45, 2.75) is 124 Å². The zero-order valence-corrected chi connectivity index (χ0v) is 18.0. The Hall–Kier alpha value is -0.530. The first-order chi connectivity index (χ1) is 12.6. The Kier molecular flexibility index (Phi) is 13.1. The Morgan fingerprint density at radius 1 is 0.731 bits per heavy atom. The van der Waals surface area contributed by atoms with E-state index in [0.717, 1.165) is 36.5 Å². The number of aliphatic carboxylic acids is 1. The fourth-order valence-electron chi connectivity index (χ4n) is 5.59. The summed E-state index contributed by atoms with van der Waals surface area (Å²) in [6.45, 7) is 7.15. The van der Waals surface area contributed by atoms with Gasteiger partial charge < -0.3 is 5.11 Å². The van der Waals surface area contributed by atoms with Crippen LogP contribution in [-0.2, 0) is 4.79 Å². The Morgan fingerprint density at radius 3 is 1.65 bits per heavy atom. The second kappa shape index (κ2) is 14.5. The first kappa shape index (κ1) is 23.5. The molecule has 0 radical (unpaired) electrons. The summed E-state index contributed by atoms with van der Waals surface area (Å²) in [6.07, 6.45) is 20.4. The molecular formula is C24H46O2. The monoisotopic (exact) mass is 366 g/mol. The van der Waals surface area contributed by atoms with Crippen molar-refractivity contribution in [1.29, 1.82) is 0 Å². The number of carboxylic acids is 1. The number of hydrogen-bond donors (Lipinski definition) is 1. The predicted octanol–water partition coefficient (Wildman–Crippen LogP) is 7.85. The molecule has 1 aliphatic carbocycles. The number of unbranched alkanes of at least 4 members (excludes halogenated alkanes) is 7. The minimum atomic E-state index is -0.646. The third kappa shape index (κ3) is 8.91. The van der Waals surface area contributed by atoms with Gasteiger partial charge in [-0.05, 0) is 42.9 Å². The minimum Gasteiger partial charge on any atom is -0.481 e. The van der Waals surface area contributed by atoms with Gasteiger partial charge in [-0.1, -0.05) is 97.8 Å². The van der Waals surface area contributed by atoms with E-state index in [1.807, 2.05) is 0 Å². The van der Waals surface area contributed by atoms with Crippen molar-refractivity contribution in [1.82, 2.24) is 0 Å². The van der Waals surface area contributed by atoms with Crippen molar-refractivity contribution in [2.75, 3.05) is 0 Å². The van der Waals surface area contributed by atoms with Gasteiger partial charge in [0.05, 0.1) is 0 Å². The number of carboxylic acid groups (broad SMARTS) is 1. The van der Waals surface area contributed by atoms with E-state index in [9.17, 15) is 4.79 Å². The molecule has 1 N–H and O–H groups in total. The Labute approximate surface area is 163 Å². The standard InChI is InChI=1S/C24H46O2/c1-4-7-8-12-15-20-18-19-21(23(6-3)22(20)5-2)16-13-10-9-11-14-17-24(25)26/h20-23H,4-19H2,1-3H3,(H,25,26). The van der Waals surface area contributed by atoms with Crippen molar-refractivity contribution in [3.63, 3.8) is 0 Å². The summed E-state index contributed by atoms with van der Waals surface area (Å²) in [4.78, 5) is 10.5. The Balaban J connectivity index is 2.30. The first-order valence-corrected chi connectivity index (χ1v) is 11.9. The van der Waals surface area contributed by atoms with Crippen molar-refractivity contribution in [2.24, 2.45) is 23.7 Å². The second-order valence-corrected chi connectivity index (χ2v) is 8.79. The quantitative estimate of drug-likeness (QED) is 0.300. The van der Waals surface area contributed by atoms with Crippen LogP contribution in [0.1, 0.15) is 124 Å². The molecule has 0 aliphatic heterocycles. The molecular weight excluding hydrogens is 320 g/mol. The van der Waals surface area contributed by atoms with E-state index < -0.39 is 5.97 Å². The first-order valence-electron chi connectivity index (χ1n) is 11.9. The highest BCUT2D eigenvalue weighted by Crippen LogP contribution is 2.46. The molecule has 154 valence electrons. The van der Waals surface area contributed by atoms with Crippen LogP contribution in [0.3, 0.4) is 0 Å². The van der Waals surface area contributed by atoms with Crippen LogP contribution in [-0.4, -0.2) is 11.1 Å². The Morgan fingerprint density at radius 2 is 1.19 bits per heavy atom. The van der Waals surface area contributed by atoms with E-state index in [1.54, 1.807) is 0 Å². The van der Waals surface area contributed by atoms with E-state index in [4.69, 9.17) is 5.11 Å². The average molecular weight is 367 g/mol. The zero-order chi connectivity index (χ0) is 19.2. The molecule has 2 heteroatoms. The SMILES string of the molecule is CCCCCCC1CCC(CCCCCCCC(=O)O)C(CC)C1CC. The van der Waals surface area contributed by atoms with Crippen LogP contribution in [0.25, 0.3) is 0 Å². The molecule has 4 unspecified atom stereocenters. The lowest BCUT2D eigenvalue weighted by molar-refractivity contribution is -0.137. The molecule has 1 saturated carbocycles. The molecule has 1 aliphatic rings. The molecule has 1 rings (SSSR count). The zero-order valence-electron chi connectivity index (χ0n) is 18.0. The highest BCUT2D eigenvalue weighted by Gasteiger charge is 2.36. The van der Waals surface area contributed by atoms with Gasteiger partial charge in [-0.2, -0.15) is 0 Å². The summed E-state index contributed by atoms with van der Waals surface area (Å²) < 4.78 is 0. The summed E-state index contributed by atoms with van der Waals surface area (Å²) in [5.74, 6) is 3.23. The number of carbonyl (C=O) groups is 1. The molecule has 0 saturated heterocycles. The lowest BCUT2D eigenvalue weighted by Crippen LogP contribution is -2.34. The molecule has 4 atom stereocenters. The van der Waals surface area contributed by atoms with Crippen LogP contribution in [0.4, 0.5) is 0 Å². The second-order valence-electron chi connectivity index (χ2n) is 8.79. The molecule has 0 bridgehead atoms. The molecule has 2 nitrogen and oxygen atoms in total. The smallest absolute Gasteiger partial charge is 0.303 e. The number of hydrogen-bond acceptors (Lipinski definition) is 1. The van der Waals surface area contributed by atoms with E-state index in [2.05, 4.69) is 20.8 Å². The van der Waals surface area contributed by atoms with E-state index in [1.165, 1.54) is 83.5 Å². The van der Waals surface area contributed by atoms with Gasteiger partial charge in [0.1, 0.15) is 0 Å². The third-order valence-electron chi connectivity index (χ3n) is 7.01. The van der Waals surface area contributed by atoms with Crippen LogP contribution >= 0.6 is 0 Å². The number of rotatable bonds is 15. The van der Waals surface area contributed by atoms with Crippen molar-refractivity contribution < 1.29 is 9.90 Å². The normalized spacial score (nSPS) is 26.1.